The van der Waals surface area contributed by atoms with Crippen LogP contribution in [-0.4, -0.2) is 10.4 Å². The first-order chi connectivity index (χ1) is 10.2. The molecule has 0 amide bonds. The fourth-order valence-corrected chi connectivity index (χ4v) is 3.19. The normalized spacial score (nSPS) is 13.7. The van der Waals surface area contributed by atoms with Gasteiger partial charge in [-0.1, -0.05) is 54.9 Å². The quantitative estimate of drug-likeness (QED) is 0.803. The van der Waals surface area contributed by atoms with Crippen molar-refractivity contribution in [1.82, 2.24) is 4.57 Å². The number of ketones is 1. The Hall–Kier alpha value is -1.46. The minimum absolute atomic E-state index is 0.0109. The molecule has 0 atom stereocenters. The van der Waals surface area contributed by atoms with Crippen LogP contribution < -0.4 is 14.8 Å². The fraction of sp³-hybridized carbons (Fsp3) is 0.294. The van der Waals surface area contributed by atoms with Gasteiger partial charge < -0.3 is 4.57 Å². The van der Waals surface area contributed by atoms with E-state index in [4.69, 9.17) is 0 Å². The van der Waals surface area contributed by atoms with E-state index < -0.39 is 5.41 Å². The maximum absolute atomic E-state index is 12.3. The Bertz CT molecular complexity index is 885. The zero-order valence-corrected chi connectivity index (χ0v) is 15.4. The summed E-state index contributed by atoms with van der Waals surface area (Å²) in [6.07, 6.45) is 3.40. The zero-order chi connectivity index (χ0) is 16.5. The predicted octanol–water partition coefficient (Wildman–Crippen LogP) is 2.43. The summed E-state index contributed by atoms with van der Waals surface area (Å²) in [5.74, 6) is 0.0109. The highest BCUT2D eigenvalue weighted by Crippen LogP contribution is 2.16. The van der Waals surface area contributed by atoms with Crippen molar-refractivity contribution < 1.29 is 4.79 Å². The number of carbonyl (C=O) groups excluding carboxylic acids is 1. The number of carbonyl (C=O) groups is 1. The summed E-state index contributed by atoms with van der Waals surface area (Å²) in [5, 5.41) is 0. The minimum Gasteiger partial charge on any atom is -0.302 e. The van der Waals surface area contributed by atoms with Gasteiger partial charge in [-0.3, -0.25) is 9.59 Å². The van der Waals surface area contributed by atoms with Crippen LogP contribution in [0.15, 0.2) is 33.5 Å². The smallest absolute Gasteiger partial charge is 0.268 e. The Morgan fingerprint density at radius 2 is 1.91 bits per heavy atom. The molecule has 0 unspecified atom stereocenters. The average Bonchev–Trinajstić information content (AvgIpc) is 2.69. The summed E-state index contributed by atoms with van der Waals surface area (Å²) in [6.45, 7) is 5.60. The molecule has 1 aromatic carbocycles. The maximum Gasteiger partial charge on any atom is 0.268 e. The monoisotopic (exact) mass is 379 g/mol. The molecule has 0 N–H and O–H groups in total. The summed E-state index contributed by atoms with van der Waals surface area (Å²) >= 11 is 4.80. The van der Waals surface area contributed by atoms with Crippen molar-refractivity contribution in [3.63, 3.8) is 0 Å². The molecule has 1 heterocycles. The van der Waals surface area contributed by atoms with Crippen LogP contribution >= 0.6 is 27.3 Å². The number of nitrogens with zero attached hydrogens (tertiary/aromatic N) is 1. The van der Waals surface area contributed by atoms with Crippen molar-refractivity contribution in [3.8, 4) is 0 Å². The van der Waals surface area contributed by atoms with E-state index in [1.54, 1.807) is 13.1 Å². The third-order valence-electron chi connectivity index (χ3n) is 3.25. The van der Waals surface area contributed by atoms with Gasteiger partial charge in [0.1, 0.15) is 4.66 Å². The second kappa shape index (κ2) is 6.34. The van der Waals surface area contributed by atoms with Crippen molar-refractivity contribution in [2.75, 3.05) is 0 Å². The molecule has 116 valence electrons. The molecular formula is C17H18BrNO2S. The summed E-state index contributed by atoms with van der Waals surface area (Å²) in [5.41, 5.74) is 0.399. The molecule has 0 saturated heterocycles. The number of halogens is 1. The molecular weight excluding hydrogens is 362 g/mol. The molecule has 0 spiro atoms. The molecule has 2 rings (SSSR count). The lowest BCUT2D eigenvalue weighted by Gasteiger charge is -2.12. The Balaban J connectivity index is 2.62. The van der Waals surface area contributed by atoms with Gasteiger partial charge in [-0.25, -0.2) is 0 Å². The largest absolute Gasteiger partial charge is 0.302 e. The first-order valence-electron chi connectivity index (χ1n) is 6.88. The minimum atomic E-state index is -0.452. The zero-order valence-electron chi connectivity index (χ0n) is 13.0. The lowest BCUT2D eigenvalue weighted by Crippen LogP contribution is -2.30. The van der Waals surface area contributed by atoms with Crippen molar-refractivity contribution in [3.05, 3.63) is 53.9 Å². The van der Waals surface area contributed by atoms with Crippen LogP contribution in [0.4, 0.5) is 0 Å². The van der Waals surface area contributed by atoms with Gasteiger partial charge in [0, 0.05) is 23.0 Å². The van der Waals surface area contributed by atoms with Gasteiger partial charge in [0.15, 0.2) is 5.78 Å². The third-order valence-corrected chi connectivity index (χ3v) is 5.08. The van der Waals surface area contributed by atoms with Gasteiger partial charge in [-0.05, 0) is 17.7 Å². The van der Waals surface area contributed by atoms with Crippen molar-refractivity contribution >= 4 is 45.2 Å². The average molecular weight is 380 g/mol. The lowest BCUT2D eigenvalue weighted by atomic mass is 9.91. The van der Waals surface area contributed by atoms with Gasteiger partial charge in [-0.15, -0.1) is 11.3 Å². The molecule has 0 aliphatic carbocycles. The molecule has 1 aromatic heterocycles. The first-order valence-corrected chi connectivity index (χ1v) is 8.49. The summed E-state index contributed by atoms with van der Waals surface area (Å²) in [4.78, 5) is 24.5. The summed E-state index contributed by atoms with van der Waals surface area (Å²) < 4.78 is 3.74. The van der Waals surface area contributed by atoms with Crippen LogP contribution in [0.2, 0.25) is 0 Å². The molecule has 5 heteroatoms. The predicted molar refractivity (Wildman–Crippen MR) is 95.4 cm³/mol. The van der Waals surface area contributed by atoms with E-state index in [9.17, 15) is 9.59 Å². The molecule has 3 nitrogen and oxygen atoms in total. The van der Waals surface area contributed by atoms with Gasteiger partial charge >= 0.3 is 0 Å². The fourth-order valence-electron chi connectivity index (χ4n) is 1.77. The molecule has 0 bridgehead atoms. The van der Waals surface area contributed by atoms with Gasteiger partial charge in [0.2, 0.25) is 0 Å². The Labute approximate surface area is 141 Å². The highest BCUT2D eigenvalue weighted by molar-refractivity contribution is 9.10. The van der Waals surface area contributed by atoms with E-state index in [2.05, 4.69) is 15.9 Å². The maximum atomic E-state index is 12.3. The van der Waals surface area contributed by atoms with Crippen LogP contribution in [-0.2, 0) is 11.8 Å². The standard InChI is InChI=1S/C17H18BrNO2S/c1-17(2,3)14(20)10-15-19(4)16(21)13(22-15)9-11-7-5-6-8-12(11)18/h5-10H,1-4H3/b13-9+,15-10-. The van der Waals surface area contributed by atoms with Crippen LogP contribution in [0.5, 0.6) is 0 Å². The van der Waals surface area contributed by atoms with Crippen LogP contribution in [0.25, 0.3) is 12.2 Å². The summed E-state index contributed by atoms with van der Waals surface area (Å²) in [7, 11) is 1.69. The van der Waals surface area contributed by atoms with Crippen molar-refractivity contribution in [2.24, 2.45) is 12.5 Å². The molecule has 0 aliphatic rings. The SMILES string of the molecule is Cn1c(=O)/c(=C\c2ccccc2Br)s/c1=C\C(=O)C(C)(C)C. The molecule has 0 radical (unpaired) electrons. The topological polar surface area (TPSA) is 39.1 Å². The Morgan fingerprint density at radius 1 is 1.27 bits per heavy atom. The van der Waals surface area contributed by atoms with Gasteiger partial charge in [-0.2, -0.15) is 0 Å². The molecule has 2 aromatic rings. The van der Waals surface area contributed by atoms with E-state index in [-0.39, 0.29) is 11.3 Å². The van der Waals surface area contributed by atoms with E-state index in [0.717, 1.165) is 10.0 Å². The number of hydrogen-bond donors (Lipinski definition) is 0. The van der Waals surface area contributed by atoms with Crippen molar-refractivity contribution in [1.29, 1.82) is 0 Å². The Kier molecular flexibility index (Phi) is 4.87. The summed E-state index contributed by atoms with van der Waals surface area (Å²) in [6, 6.07) is 7.72. The van der Waals surface area contributed by atoms with Crippen LogP contribution in [0, 0.1) is 5.41 Å². The Morgan fingerprint density at radius 3 is 2.50 bits per heavy atom. The lowest BCUT2D eigenvalue weighted by molar-refractivity contribution is -0.120. The van der Waals surface area contributed by atoms with E-state index in [1.165, 1.54) is 15.9 Å². The number of Topliss-reactive ketones (excluding diaryl/α,β-unsaturated/α-hetero) is 1. The molecule has 22 heavy (non-hydrogen) atoms. The van der Waals surface area contributed by atoms with Crippen LogP contribution in [0.3, 0.4) is 0 Å². The number of benzene rings is 1. The number of aromatic nitrogens is 1. The van der Waals surface area contributed by atoms with Gasteiger partial charge in [0.05, 0.1) is 4.53 Å². The molecule has 0 fully saturated rings. The third kappa shape index (κ3) is 3.65. The highest BCUT2D eigenvalue weighted by atomic mass is 79.9. The molecule has 0 aliphatic heterocycles. The second-order valence-electron chi connectivity index (χ2n) is 6.09. The number of thiazole rings is 1. The van der Waals surface area contributed by atoms with Crippen molar-refractivity contribution in [2.45, 2.75) is 20.8 Å². The molecule has 0 saturated carbocycles. The van der Waals surface area contributed by atoms with E-state index in [1.807, 2.05) is 51.1 Å². The first kappa shape index (κ1) is 16.9. The van der Waals surface area contributed by atoms with Crippen LogP contribution in [0.1, 0.15) is 26.3 Å². The second-order valence-corrected chi connectivity index (χ2v) is 8.01. The van der Waals surface area contributed by atoms with E-state index in [0.29, 0.717) is 9.20 Å². The number of rotatable bonds is 2. The number of hydrogen-bond acceptors (Lipinski definition) is 3. The van der Waals surface area contributed by atoms with Gasteiger partial charge in [0.25, 0.3) is 5.56 Å². The highest BCUT2D eigenvalue weighted by Gasteiger charge is 2.19. The van der Waals surface area contributed by atoms with E-state index >= 15 is 0 Å².